The summed E-state index contributed by atoms with van der Waals surface area (Å²) in [6.45, 7) is 6.50. The zero-order valence-corrected chi connectivity index (χ0v) is 16.3. The largest absolute Gasteiger partial charge is 0.348 e. The summed E-state index contributed by atoms with van der Waals surface area (Å²) in [5.41, 5.74) is 5.08. The molecule has 3 heteroatoms. The lowest BCUT2D eigenvalue weighted by Gasteiger charge is -2.14. The Kier molecular flexibility index (Phi) is 7.03. The molecule has 0 aliphatic heterocycles. The van der Waals surface area contributed by atoms with Crippen molar-refractivity contribution in [2.24, 2.45) is 0 Å². The van der Waals surface area contributed by atoms with E-state index in [1.54, 1.807) is 6.20 Å². The number of rotatable bonds is 5. The Morgan fingerprint density at radius 2 is 1.32 bits per heavy atom. The Hall–Kier alpha value is -3.33. The minimum atomic E-state index is 0.308. The number of benzene rings is 3. The van der Waals surface area contributed by atoms with E-state index >= 15 is 0 Å². The molecule has 0 spiro atoms. The zero-order valence-electron chi connectivity index (χ0n) is 16.3. The highest BCUT2D eigenvalue weighted by molar-refractivity contribution is 6.90. The summed E-state index contributed by atoms with van der Waals surface area (Å²) in [5.74, 6) is 1.02. The molecule has 0 aliphatic carbocycles. The average molecular weight is 364 g/mol. The molecule has 0 saturated carbocycles. The van der Waals surface area contributed by atoms with Crippen molar-refractivity contribution in [1.29, 1.82) is 0 Å². The van der Waals surface area contributed by atoms with Gasteiger partial charge in [0.15, 0.2) is 0 Å². The molecule has 0 bridgehead atoms. The fourth-order valence-electron chi connectivity index (χ4n) is 3.24. The fourth-order valence-corrected chi connectivity index (χ4v) is 3.24. The molecule has 1 N–H and O–H groups in total. The number of H-pyrrole nitrogens is 1. The molecule has 0 aliphatic rings. The number of nitrogens with zero attached hydrogens (tertiary/aromatic N) is 1. The maximum Gasteiger partial charge on any atom is 0.236 e. The van der Waals surface area contributed by atoms with Crippen molar-refractivity contribution in [2.45, 2.75) is 13.3 Å². The third-order valence-electron chi connectivity index (χ3n) is 4.53. The van der Waals surface area contributed by atoms with E-state index in [9.17, 15) is 0 Å². The van der Waals surface area contributed by atoms with Crippen LogP contribution in [0.25, 0.3) is 0 Å². The lowest BCUT2D eigenvalue weighted by Crippen LogP contribution is -2.43. The molecular weight excluding hydrogens is 339 g/mol. The van der Waals surface area contributed by atoms with E-state index < -0.39 is 0 Å². The van der Waals surface area contributed by atoms with Gasteiger partial charge in [-0.15, -0.1) is 12.1 Å². The number of hydrogen-bond donors (Lipinski definition) is 1. The summed E-state index contributed by atoms with van der Waals surface area (Å²) < 4.78 is 0. The molecule has 28 heavy (non-hydrogen) atoms. The molecule has 3 aromatic carbocycles. The topological polar surface area (TPSA) is 28.7 Å². The first kappa shape index (κ1) is 19.4. The van der Waals surface area contributed by atoms with E-state index in [0.717, 1.165) is 12.2 Å². The summed E-state index contributed by atoms with van der Waals surface area (Å²) in [4.78, 5) is 7.23. The van der Waals surface area contributed by atoms with Gasteiger partial charge >= 0.3 is 0 Å². The molecule has 0 saturated heterocycles. The molecule has 1 heterocycles. The number of nitrogens with one attached hydrogen (secondary N) is 1. The van der Waals surface area contributed by atoms with Crippen LogP contribution in [0.15, 0.2) is 115 Å². The van der Waals surface area contributed by atoms with Crippen molar-refractivity contribution in [3.63, 3.8) is 0 Å². The van der Waals surface area contributed by atoms with E-state index in [0.29, 0.717) is 6.71 Å². The maximum atomic E-state index is 4.16. The van der Waals surface area contributed by atoms with Gasteiger partial charge in [0.05, 0.1) is 0 Å². The van der Waals surface area contributed by atoms with E-state index in [1.165, 1.54) is 22.0 Å². The first-order valence-corrected chi connectivity index (χ1v) is 9.51. The van der Waals surface area contributed by atoms with Gasteiger partial charge in [0, 0.05) is 18.8 Å². The van der Waals surface area contributed by atoms with Crippen LogP contribution in [-0.4, -0.2) is 16.7 Å². The molecule has 4 aromatic rings. The van der Waals surface area contributed by atoms with Crippen LogP contribution in [0.3, 0.4) is 0 Å². The summed E-state index contributed by atoms with van der Waals surface area (Å²) >= 11 is 0. The van der Waals surface area contributed by atoms with Crippen LogP contribution in [0.2, 0.25) is 0 Å². The first-order valence-electron chi connectivity index (χ1n) is 9.51. The highest BCUT2D eigenvalue weighted by atomic mass is 14.9. The van der Waals surface area contributed by atoms with E-state index in [1.807, 2.05) is 36.5 Å². The second-order valence-electron chi connectivity index (χ2n) is 6.80. The van der Waals surface area contributed by atoms with Crippen LogP contribution in [-0.2, 0) is 6.42 Å². The highest BCUT2D eigenvalue weighted by Gasteiger charge is 2.18. The molecule has 138 valence electrons. The van der Waals surface area contributed by atoms with E-state index in [-0.39, 0.29) is 0 Å². The van der Waals surface area contributed by atoms with Crippen LogP contribution < -0.4 is 10.9 Å². The third-order valence-corrected chi connectivity index (χ3v) is 4.53. The SMILES string of the molecule is C=C(C)B(c1ccccc1)c1ccccc1.c1ccc(Cc2ncc[nH]2)cc1. The number of aromatic nitrogens is 2. The Morgan fingerprint density at radius 1 is 0.821 bits per heavy atom. The van der Waals surface area contributed by atoms with Gasteiger partial charge in [-0.2, -0.15) is 0 Å². The minimum Gasteiger partial charge on any atom is -0.348 e. The van der Waals surface area contributed by atoms with Gasteiger partial charge in [0.2, 0.25) is 6.71 Å². The van der Waals surface area contributed by atoms with Gasteiger partial charge < -0.3 is 4.98 Å². The normalized spacial score (nSPS) is 9.89. The number of hydrogen-bond acceptors (Lipinski definition) is 1. The van der Waals surface area contributed by atoms with Crippen LogP contribution >= 0.6 is 0 Å². The molecule has 0 unspecified atom stereocenters. The molecule has 0 amide bonds. The molecule has 0 atom stereocenters. The van der Waals surface area contributed by atoms with Crippen LogP contribution in [0.4, 0.5) is 0 Å². The number of aromatic amines is 1. The Morgan fingerprint density at radius 3 is 1.75 bits per heavy atom. The summed E-state index contributed by atoms with van der Waals surface area (Å²) in [6.07, 6.45) is 4.50. The Bertz CT molecular complexity index is 910. The lowest BCUT2D eigenvalue weighted by atomic mass is 9.37. The lowest BCUT2D eigenvalue weighted by molar-refractivity contribution is 1.03. The Labute approximate surface area is 168 Å². The van der Waals surface area contributed by atoms with Gasteiger partial charge in [-0.25, -0.2) is 4.98 Å². The number of imidazole rings is 1. The van der Waals surface area contributed by atoms with Crippen LogP contribution in [0.5, 0.6) is 0 Å². The second kappa shape index (κ2) is 10.1. The minimum absolute atomic E-state index is 0.308. The van der Waals surface area contributed by atoms with E-state index in [2.05, 4.69) is 84.1 Å². The predicted octanol–water partition coefficient (Wildman–Crippen LogP) is 4.41. The first-order chi connectivity index (χ1) is 13.7. The summed E-state index contributed by atoms with van der Waals surface area (Å²) in [6, 6.07) is 31.3. The van der Waals surface area contributed by atoms with Gasteiger partial charge in [-0.1, -0.05) is 109 Å². The monoisotopic (exact) mass is 364 g/mol. The van der Waals surface area contributed by atoms with Gasteiger partial charge in [0.1, 0.15) is 5.82 Å². The maximum absolute atomic E-state index is 4.16. The van der Waals surface area contributed by atoms with Crippen molar-refractivity contribution >= 4 is 17.6 Å². The van der Waals surface area contributed by atoms with E-state index in [4.69, 9.17) is 0 Å². The van der Waals surface area contributed by atoms with Crippen LogP contribution in [0.1, 0.15) is 18.3 Å². The molecule has 1 aromatic heterocycles. The quantitative estimate of drug-likeness (QED) is 0.522. The van der Waals surface area contributed by atoms with Gasteiger partial charge in [-0.3, -0.25) is 0 Å². The molecular formula is C25H25BN2. The van der Waals surface area contributed by atoms with Crippen molar-refractivity contribution in [2.75, 3.05) is 0 Å². The Balaban J connectivity index is 0.000000167. The second-order valence-corrected chi connectivity index (χ2v) is 6.80. The van der Waals surface area contributed by atoms with Crippen molar-refractivity contribution in [3.8, 4) is 0 Å². The number of allylic oxidation sites excluding steroid dienone is 1. The predicted molar refractivity (Wildman–Crippen MR) is 121 cm³/mol. The molecule has 0 fully saturated rings. The zero-order chi connectivity index (χ0) is 19.6. The summed E-state index contributed by atoms with van der Waals surface area (Å²) in [7, 11) is 0. The van der Waals surface area contributed by atoms with Gasteiger partial charge in [-0.05, 0) is 5.56 Å². The third kappa shape index (κ3) is 5.58. The summed E-state index contributed by atoms with van der Waals surface area (Å²) in [5, 5.41) is 0. The highest BCUT2D eigenvalue weighted by Crippen LogP contribution is 2.03. The smallest absolute Gasteiger partial charge is 0.236 e. The van der Waals surface area contributed by atoms with Crippen LogP contribution in [0, 0.1) is 0 Å². The fraction of sp³-hybridized carbons (Fsp3) is 0.0800. The molecule has 0 radical (unpaired) electrons. The molecule has 4 rings (SSSR count). The van der Waals surface area contributed by atoms with Gasteiger partial charge in [0.25, 0.3) is 0 Å². The average Bonchev–Trinajstić information content (AvgIpc) is 3.24. The molecule has 2 nitrogen and oxygen atoms in total. The standard InChI is InChI=1S/C15H15B.C10H10N2/c1-13(2)16(14-9-5-3-6-10-14)15-11-7-4-8-12-15;1-2-4-9(5-3-1)8-10-11-6-7-12-10/h3-12H,1H2,2H3;1-7H,8H2,(H,11,12). The van der Waals surface area contributed by atoms with Crippen molar-refractivity contribution < 1.29 is 0 Å². The van der Waals surface area contributed by atoms with Crippen molar-refractivity contribution in [3.05, 3.63) is 127 Å². The van der Waals surface area contributed by atoms with Crippen molar-refractivity contribution in [1.82, 2.24) is 9.97 Å².